The van der Waals surface area contributed by atoms with Gasteiger partial charge in [0.15, 0.2) is 0 Å². The summed E-state index contributed by atoms with van der Waals surface area (Å²) in [4.78, 5) is 0. The van der Waals surface area contributed by atoms with E-state index in [0.29, 0.717) is 6.04 Å². The van der Waals surface area contributed by atoms with Crippen molar-refractivity contribution in [3.8, 4) is 5.75 Å². The number of aryl methyl sites for hydroxylation is 1. The molecular weight excluding hydrogens is 186 g/mol. The Bertz CT molecular complexity index is 288. The van der Waals surface area contributed by atoms with Crippen LogP contribution in [0.1, 0.15) is 25.3 Å². The van der Waals surface area contributed by atoms with E-state index in [-0.39, 0.29) is 0 Å². The van der Waals surface area contributed by atoms with Crippen LogP contribution in [0.15, 0.2) is 24.3 Å². The van der Waals surface area contributed by atoms with Gasteiger partial charge in [-0.05, 0) is 43.5 Å². The highest BCUT2D eigenvalue weighted by Crippen LogP contribution is 2.14. The molecule has 1 heterocycles. The molecule has 1 atom stereocenters. The van der Waals surface area contributed by atoms with Crippen molar-refractivity contribution in [3.63, 3.8) is 0 Å². The van der Waals surface area contributed by atoms with Crippen LogP contribution in [-0.4, -0.2) is 19.2 Å². The molecule has 2 rings (SSSR count). The number of rotatable bonds is 4. The van der Waals surface area contributed by atoms with Gasteiger partial charge in [0.2, 0.25) is 0 Å². The molecular formula is C13H19NO. The van der Waals surface area contributed by atoms with Crippen LogP contribution in [-0.2, 0) is 6.42 Å². The first-order valence-corrected chi connectivity index (χ1v) is 5.83. The van der Waals surface area contributed by atoms with Crippen molar-refractivity contribution in [3.05, 3.63) is 29.8 Å². The molecule has 0 aliphatic carbocycles. The summed E-state index contributed by atoms with van der Waals surface area (Å²) in [5.41, 5.74) is 1.36. The predicted octanol–water partition coefficient (Wildman–Crippen LogP) is 2.38. The van der Waals surface area contributed by atoms with Crippen LogP contribution in [0.25, 0.3) is 0 Å². The van der Waals surface area contributed by atoms with E-state index in [0.717, 1.165) is 25.3 Å². The number of benzene rings is 1. The lowest BCUT2D eigenvalue weighted by atomic mass is 10.2. The van der Waals surface area contributed by atoms with Gasteiger partial charge in [0.05, 0.1) is 0 Å². The van der Waals surface area contributed by atoms with Crippen LogP contribution in [0.5, 0.6) is 5.75 Å². The molecule has 15 heavy (non-hydrogen) atoms. The molecule has 2 nitrogen and oxygen atoms in total. The molecule has 1 aromatic rings. The Morgan fingerprint density at radius 3 is 2.73 bits per heavy atom. The smallest absolute Gasteiger partial charge is 0.119 e. The normalized spacial score (nSPS) is 20.5. The number of hydrogen-bond acceptors (Lipinski definition) is 2. The van der Waals surface area contributed by atoms with Crippen molar-refractivity contribution in [1.29, 1.82) is 0 Å². The largest absolute Gasteiger partial charge is 0.492 e. The highest BCUT2D eigenvalue weighted by Gasteiger charge is 2.13. The monoisotopic (exact) mass is 205 g/mol. The first-order chi connectivity index (χ1) is 7.38. The molecule has 0 unspecified atom stereocenters. The van der Waals surface area contributed by atoms with Gasteiger partial charge >= 0.3 is 0 Å². The highest BCUT2D eigenvalue weighted by molar-refractivity contribution is 5.27. The molecule has 1 N–H and O–H groups in total. The first-order valence-electron chi connectivity index (χ1n) is 5.83. The lowest BCUT2D eigenvalue weighted by Gasteiger charge is -2.12. The molecule has 0 saturated carbocycles. The van der Waals surface area contributed by atoms with E-state index in [1.807, 2.05) is 0 Å². The summed E-state index contributed by atoms with van der Waals surface area (Å²) in [6, 6.07) is 8.95. The maximum absolute atomic E-state index is 5.73. The van der Waals surface area contributed by atoms with Crippen LogP contribution in [0.4, 0.5) is 0 Å². The zero-order valence-electron chi connectivity index (χ0n) is 9.33. The van der Waals surface area contributed by atoms with Gasteiger partial charge in [-0.3, -0.25) is 0 Å². The minimum absolute atomic E-state index is 0.552. The van der Waals surface area contributed by atoms with Crippen LogP contribution >= 0.6 is 0 Å². The molecule has 0 aromatic heterocycles. The summed E-state index contributed by atoms with van der Waals surface area (Å²) in [7, 11) is 0. The molecule has 1 aliphatic rings. The first kappa shape index (κ1) is 10.5. The second kappa shape index (κ2) is 5.17. The van der Waals surface area contributed by atoms with Crippen molar-refractivity contribution >= 4 is 0 Å². The average Bonchev–Trinajstić information content (AvgIpc) is 2.80. The third-order valence-electron chi connectivity index (χ3n) is 2.95. The molecule has 0 amide bonds. The van der Waals surface area contributed by atoms with E-state index in [9.17, 15) is 0 Å². The Hall–Kier alpha value is -1.02. The maximum atomic E-state index is 5.73. The standard InChI is InChI=1S/C13H19NO/c1-2-11-5-7-13(8-6-11)15-10-12-4-3-9-14-12/h5-8,12,14H,2-4,9-10H2,1H3/t12-/m0/s1. The van der Waals surface area contributed by atoms with E-state index in [4.69, 9.17) is 4.74 Å². The van der Waals surface area contributed by atoms with Crippen molar-refractivity contribution in [2.24, 2.45) is 0 Å². The second-order valence-corrected chi connectivity index (χ2v) is 4.10. The van der Waals surface area contributed by atoms with E-state index >= 15 is 0 Å². The van der Waals surface area contributed by atoms with Gasteiger partial charge in [-0.25, -0.2) is 0 Å². The van der Waals surface area contributed by atoms with Crippen molar-refractivity contribution in [2.45, 2.75) is 32.2 Å². The van der Waals surface area contributed by atoms with Gasteiger partial charge in [-0.2, -0.15) is 0 Å². The minimum atomic E-state index is 0.552. The second-order valence-electron chi connectivity index (χ2n) is 4.10. The summed E-state index contributed by atoms with van der Waals surface area (Å²) >= 11 is 0. The lowest BCUT2D eigenvalue weighted by Crippen LogP contribution is -2.28. The molecule has 0 spiro atoms. The Balaban J connectivity index is 1.82. The van der Waals surface area contributed by atoms with Crippen LogP contribution < -0.4 is 10.1 Å². The zero-order valence-corrected chi connectivity index (χ0v) is 9.33. The van der Waals surface area contributed by atoms with Gasteiger partial charge in [0.1, 0.15) is 12.4 Å². The summed E-state index contributed by atoms with van der Waals surface area (Å²) in [5.74, 6) is 0.987. The SMILES string of the molecule is CCc1ccc(OC[C@@H]2CCCN2)cc1. The fourth-order valence-corrected chi connectivity index (χ4v) is 1.92. The molecule has 0 bridgehead atoms. The van der Waals surface area contributed by atoms with Crippen molar-refractivity contribution < 1.29 is 4.74 Å². The number of hydrogen-bond donors (Lipinski definition) is 1. The van der Waals surface area contributed by atoms with Gasteiger partial charge in [0.25, 0.3) is 0 Å². The molecule has 0 radical (unpaired) electrons. The van der Waals surface area contributed by atoms with Gasteiger partial charge < -0.3 is 10.1 Å². The van der Waals surface area contributed by atoms with E-state index in [1.54, 1.807) is 0 Å². The highest BCUT2D eigenvalue weighted by atomic mass is 16.5. The van der Waals surface area contributed by atoms with Crippen LogP contribution in [0, 0.1) is 0 Å². The summed E-state index contributed by atoms with van der Waals surface area (Å²) < 4.78 is 5.73. The van der Waals surface area contributed by atoms with Gasteiger partial charge in [-0.1, -0.05) is 19.1 Å². The average molecular weight is 205 g/mol. The lowest BCUT2D eigenvalue weighted by molar-refractivity contribution is 0.277. The minimum Gasteiger partial charge on any atom is -0.492 e. The van der Waals surface area contributed by atoms with E-state index in [2.05, 4.69) is 36.5 Å². The summed E-state index contributed by atoms with van der Waals surface area (Å²) in [5, 5.41) is 3.42. The van der Waals surface area contributed by atoms with Crippen molar-refractivity contribution in [1.82, 2.24) is 5.32 Å². The van der Waals surface area contributed by atoms with Crippen LogP contribution in [0.2, 0.25) is 0 Å². The maximum Gasteiger partial charge on any atom is 0.119 e. The Labute approximate surface area is 91.6 Å². The molecule has 1 aromatic carbocycles. The fourth-order valence-electron chi connectivity index (χ4n) is 1.92. The molecule has 2 heteroatoms. The molecule has 1 saturated heterocycles. The van der Waals surface area contributed by atoms with Gasteiger partial charge in [0, 0.05) is 6.04 Å². The quantitative estimate of drug-likeness (QED) is 0.815. The number of nitrogens with one attached hydrogen (secondary N) is 1. The van der Waals surface area contributed by atoms with E-state index < -0.39 is 0 Å². The Morgan fingerprint density at radius 1 is 1.33 bits per heavy atom. The Morgan fingerprint density at radius 2 is 2.13 bits per heavy atom. The van der Waals surface area contributed by atoms with Crippen LogP contribution in [0.3, 0.4) is 0 Å². The van der Waals surface area contributed by atoms with Gasteiger partial charge in [-0.15, -0.1) is 0 Å². The summed E-state index contributed by atoms with van der Waals surface area (Å²) in [6.45, 7) is 4.10. The topological polar surface area (TPSA) is 21.3 Å². The molecule has 1 aliphatic heterocycles. The number of ether oxygens (including phenoxy) is 1. The molecule has 82 valence electrons. The summed E-state index contributed by atoms with van der Waals surface area (Å²) in [6.07, 6.45) is 3.61. The fraction of sp³-hybridized carbons (Fsp3) is 0.538. The zero-order chi connectivity index (χ0) is 10.5. The van der Waals surface area contributed by atoms with E-state index in [1.165, 1.54) is 18.4 Å². The van der Waals surface area contributed by atoms with Crippen molar-refractivity contribution in [2.75, 3.05) is 13.2 Å². The predicted molar refractivity (Wildman–Crippen MR) is 62.3 cm³/mol. The Kier molecular flexibility index (Phi) is 3.62. The molecule has 1 fully saturated rings. The third-order valence-corrected chi connectivity index (χ3v) is 2.95. The third kappa shape index (κ3) is 2.96.